The van der Waals surface area contributed by atoms with E-state index in [2.05, 4.69) is 10.1 Å². The van der Waals surface area contributed by atoms with Crippen molar-refractivity contribution in [2.75, 3.05) is 19.6 Å². The van der Waals surface area contributed by atoms with Crippen LogP contribution in [0, 0.1) is 0 Å². The first-order chi connectivity index (χ1) is 10.1. The van der Waals surface area contributed by atoms with E-state index in [-0.39, 0.29) is 18.0 Å². The largest absolute Gasteiger partial charge is 0.573 e. The topological polar surface area (TPSA) is 111 Å². The Balaban J connectivity index is 2.67. The van der Waals surface area contributed by atoms with Crippen LogP contribution in [0.25, 0.3) is 0 Å². The van der Waals surface area contributed by atoms with E-state index in [1.807, 2.05) is 4.72 Å². The molecule has 22 heavy (non-hydrogen) atoms. The fraction of sp³-hybridized carbons (Fsp3) is 0.364. The van der Waals surface area contributed by atoms with Gasteiger partial charge in [-0.25, -0.2) is 13.1 Å². The Labute approximate surface area is 124 Å². The number of sulfonamides is 1. The fourth-order valence-electron chi connectivity index (χ4n) is 1.34. The second-order valence-electron chi connectivity index (χ2n) is 3.98. The molecule has 0 aliphatic heterocycles. The number of nitrogens with two attached hydrogens (primary N) is 1. The smallest absolute Gasteiger partial charge is 0.406 e. The van der Waals surface area contributed by atoms with Crippen molar-refractivity contribution in [2.24, 2.45) is 5.73 Å². The van der Waals surface area contributed by atoms with E-state index in [1.165, 1.54) is 0 Å². The van der Waals surface area contributed by atoms with Gasteiger partial charge in [-0.15, -0.1) is 13.2 Å². The lowest BCUT2D eigenvalue weighted by Gasteiger charge is -2.10. The molecular formula is C11H14F3N3O4S. The minimum Gasteiger partial charge on any atom is -0.406 e. The highest BCUT2D eigenvalue weighted by molar-refractivity contribution is 7.89. The van der Waals surface area contributed by atoms with Crippen LogP contribution in [0.5, 0.6) is 5.75 Å². The SMILES string of the molecule is NCCNC(=O)CNS(=O)(=O)c1ccc(OC(F)(F)F)cc1. The number of amides is 1. The van der Waals surface area contributed by atoms with Crippen LogP contribution in [-0.4, -0.2) is 40.3 Å². The Hall–Kier alpha value is -1.85. The van der Waals surface area contributed by atoms with E-state index in [9.17, 15) is 26.4 Å². The average molecular weight is 341 g/mol. The van der Waals surface area contributed by atoms with Gasteiger partial charge in [0.15, 0.2) is 0 Å². The van der Waals surface area contributed by atoms with Gasteiger partial charge in [0.25, 0.3) is 0 Å². The lowest BCUT2D eigenvalue weighted by Crippen LogP contribution is -2.38. The summed E-state index contributed by atoms with van der Waals surface area (Å²) in [7, 11) is -4.02. The van der Waals surface area contributed by atoms with E-state index >= 15 is 0 Å². The number of hydrogen-bond donors (Lipinski definition) is 3. The number of carbonyl (C=O) groups is 1. The van der Waals surface area contributed by atoms with Crippen LogP contribution in [0.15, 0.2) is 29.2 Å². The highest BCUT2D eigenvalue weighted by atomic mass is 32.2. The van der Waals surface area contributed by atoms with Crippen molar-refractivity contribution in [3.63, 3.8) is 0 Å². The molecule has 1 rings (SSSR count). The number of nitrogens with one attached hydrogen (secondary N) is 2. The lowest BCUT2D eigenvalue weighted by atomic mass is 10.3. The molecule has 124 valence electrons. The second-order valence-corrected chi connectivity index (χ2v) is 5.75. The molecular weight excluding hydrogens is 327 g/mol. The molecule has 0 spiro atoms. The van der Waals surface area contributed by atoms with Gasteiger partial charge in [-0.05, 0) is 24.3 Å². The van der Waals surface area contributed by atoms with Crippen LogP contribution in [0.4, 0.5) is 13.2 Å². The monoisotopic (exact) mass is 341 g/mol. The van der Waals surface area contributed by atoms with Crippen molar-refractivity contribution in [1.29, 1.82) is 0 Å². The van der Waals surface area contributed by atoms with Crippen LogP contribution in [0.1, 0.15) is 0 Å². The van der Waals surface area contributed by atoms with Crippen molar-refractivity contribution in [3.8, 4) is 5.75 Å². The van der Waals surface area contributed by atoms with Gasteiger partial charge in [-0.2, -0.15) is 0 Å². The number of hydrogen-bond acceptors (Lipinski definition) is 5. The molecule has 0 bridgehead atoms. The Morgan fingerprint density at radius 1 is 1.23 bits per heavy atom. The molecule has 1 amide bonds. The second kappa shape index (κ2) is 7.42. The number of halogens is 3. The Morgan fingerprint density at radius 3 is 2.32 bits per heavy atom. The maximum absolute atomic E-state index is 12.0. The molecule has 0 unspecified atom stereocenters. The van der Waals surface area contributed by atoms with Crippen molar-refractivity contribution in [3.05, 3.63) is 24.3 Å². The first-order valence-corrected chi connectivity index (χ1v) is 7.44. The minimum absolute atomic E-state index is 0.198. The maximum atomic E-state index is 12.0. The zero-order valence-corrected chi connectivity index (χ0v) is 12.0. The number of benzene rings is 1. The first kappa shape index (κ1) is 18.2. The van der Waals surface area contributed by atoms with Crippen molar-refractivity contribution >= 4 is 15.9 Å². The highest BCUT2D eigenvalue weighted by Crippen LogP contribution is 2.23. The van der Waals surface area contributed by atoms with Crippen LogP contribution in [0.3, 0.4) is 0 Å². The zero-order chi connectivity index (χ0) is 16.8. The van der Waals surface area contributed by atoms with Gasteiger partial charge in [0.05, 0.1) is 11.4 Å². The van der Waals surface area contributed by atoms with Crippen LogP contribution < -0.4 is 20.5 Å². The van der Waals surface area contributed by atoms with E-state index in [0.29, 0.717) is 0 Å². The summed E-state index contributed by atoms with van der Waals surface area (Å²) in [6, 6.07) is 3.58. The number of ether oxygens (including phenoxy) is 1. The molecule has 0 aromatic heterocycles. The van der Waals surface area contributed by atoms with Gasteiger partial charge in [0.2, 0.25) is 15.9 Å². The summed E-state index contributed by atoms with van der Waals surface area (Å²) in [4.78, 5) is 11.0. The summed E-state index contributed by atoms with van der Waals surface area (Å²) >= 11 is 0. The predicted molar refractivity (Wildman–Crippen MR) is 70.4 cm³/mol. The summed E-state index contributed by atoms with van der Waals surface area (Å²) in [5, 5.41) is 2.36. The fourth-order valence-corrected chi connectivity index (χ4v) is 2.32. The third kappa shape index (κ3) is 6.28. The third-order valence-corrected chi connectivity index (χ3v) is 3.67. The summed E-state index contributed by atoms with van der Waals surface area (Å²) in [6.07, 6.45) is -4.86. The van der Waals surface area contributed by atoms with Gasteiger partial charge >= 0.3 is 6.36 Å². The molecule has 0 aliphatic rings. The van der Waals surface area contributed by atoms with Crippen molar-refractivity contribution < 1.29 is 31.1 Å². The molecule has 11 heteroatoms. The molecule has 0 saturated carbocycles. The average Bonchev–Trinajstić information content (AvgIpc) is 2.42. The van der Waals surface area contributed by atoms with Crippen molar-refractivity contribution in [2.45, 2.75) is 11.3 Å². The van der Waals surface area contributed by atoms with E-state index in [1.54, 1.807) is 0 Å². The first-order valence-electron chi connectivity index (χ1n) is 5.96. The van der Waals surface area contributed by atoms with E-state index < -0.39 is 34.6 Å². The Kier molecular flexibility index (Phi) is 6.14. The van der Waals surface area contributed by atoms with Gasteiger partial charge in [-0.3, -0.25) is 4.79 Å². The number of carbonyl (C=O) groups excluding carboxylic acids is 1. The van der Waals surface area contributed by atoms with E-state index in [0.717, 1.165) is 24.3 Å². The molecule has 0 aliphatic carbocycles. The summed E-state index contributed by atoms with van der Waals surface area (Å²) in [5.74, 6) is -1.13. The van der Waals surface area contributed by atoms with Gasteiger partial charge in [-0.1, -0.05) is 0 Å². The highest BCUT2D eigenvalue weighted by Gasteiger charge is 2.31. The summed E-state index contributed by atoms with van der Waals surface area (Å²) < 4.78 is 65.2. The predicted octanol–water partition coefficient (Wildman–Crippen LogP) is -0.0616. The minimum atomic E-state index is -4.86. The number of alkyl halides is 3. The number of rotatable bonds is 7. The summed E-state index contributed by atoms with van der Waals surface area (Å²) in [6.45, 7) is -0.105. The maximum Gasteiger partial charge on any atom is 0.573 e. The Morgan fingerprint density at radius 2 is 1.82 bits per heavy atom. The Bertz CT molecular complexity index is 602. The molecule has 0 fully saturated rings. The molecule has 0 radical (unpaired) electrons. The molecule has 1 aromatic rings. The summed E-state index contributed by atoms with van der Waals surface area (Å²) in [5.41, 5.74) is 5.16. The molecule has 7 nitrogen and oxygen atoms in total. The van der Waals surface area contributed by atoms with Crippen LogP contribution in [0.2, 0.25) is 0 Å². The van der Waals surface area contributed by atoms with Crippen LogP contribution in [-0.2, 0) is 14.8 Å². The molecule has 0 heterocycles. The third-order valence-electron chi connectivity index (χ3n) is 2.26. The molecule has 4 N–H and O–H groups in total. The molecule has 1 aromatic carbocycles. The molecule has 0 atom stereocenters. The van der Waals surface area contributed by atoms with Gasteiger partial charge < -0.3 is 15.8 Å². The normalized spacial score (nSPS) is 12.0. The standard InChI is InChI=1S/C11H14F3N3O4S/c12-11(13,14)21-8-1-3-9(4-2-8)22(19,20)17-7-10(18)16-6-5-15/h1-4,17H,5-7,15H2,(H,16,18). The van der Waals surface area contributed by atoms with E-state index in [4.69, 9.17) is 5.73 Å². The van der Waals surface area contributed by atoms with Gasteiger partial charge in [0.1, 0.15) is 5.75 Å². The quantitative estimate of drug-likeness (QED) is 0.643. The van der Waals surface area contributed by atoms with Crippen molar-refractivity contribution in [1.82, 2.24) is 10.0 Å². The van der Waals surface area contributed by atoms with Gasteiger partial charge in [0, 0.05) is 13.1 Å². The molecule has 0 saturated heterocycles. The zero-order valence-electron chi connectivity index (χ0n) is 11.2. The van der Waals surface area contributed by atoms with Crippen LogP contribution >= 0.6 is 0 Å². The lowest BCUT2D eigenvalue weighted by molar-refractivity contribution is -0.274.